The van der Waals surface area contributed by atoms with E-state index in [0.717, 1.165) is 18.5 Å². The number of para-hydroxylation sites is 1. The van der Waals surface area contributed by atoms with Crippen molar-refractivity contribution in [1.29, 1.82) is 0 Å². The number of amides is 1. The number of benzene rings is 2. The third-order valence-electron chi connectivity index (χ3n) is 4.98. The van der Waals surface area contributed by atoms with Gasteiger partial charge < -0.3 is 20.1 Å². The van der Waals surface area contributed by atoms with Gasteiger partial charge in [0.15, 0.2) is 11.5 Å². The zero-order valence-electron chi connectivity index (χ0n) is 15.5. The molecule has 0 aromatic heterocycles. The number of rotatable bonds is 5. The van der Waals surface area contributed by atoms with Crippen molar-refractivity contribution in [2.75, 3.05) is 26.3 Å². The molecule has 2 aromatic rings. The van der Waals surface area contributed by atoms with Crippen molar-refractivity contribution in [1.82, 2.24) is 10.6 Å². The van der Waals surface area contributed by atoms with Crippen molar-refractivity contribution in [3.63, 3.8) is 0 Å². The number of nitrogens with one attached hydrogen (secondary N) is 2. The summed E-state index contributed by atoms with van der Waals surface area (Å²) < 4.78 is 11.4. The Kier molecular flexibility index (Phi) is 5.12. The van der Waals surface area contributed by atoms with E-state index < -0.39 is 0 Å². The van der Waals surface area contributed by atoms with Gasteiger partial charge in [-0.1, -0.05) is 36.4 Å². The topological polar surface area (TPSA) is 59.6 Å². The van der Waals surface area contributed by atoms with Crippen LogP contribution >= 0.6 is 0 Å². The molecular formula is C22H24N2O3. The molecule has 0 spiro atoms. The first-order chi connectivity index (χ1) is 13.3. The Bertz CT molecular complexity index is 876. The fourth-order valence-corrected chi connectivity index (χ4v) is 3.66. The smallest absolute Gasteiger partial charge is 0.250 e. The molecule has 0 bridgehead atoms. The Morgan fingerprint density at radius 3 is 3.04 bits per heavy atom. The SMILES string of the molecule is CCOc1cccc2c1OCC(C(=O)NCC1NCCc3ccccc31)=C2. The second-order valence-corrected chi connectivity index (χ2v) is 6.73. The first-order valence-electron chi connectivity index (χ1n) is 9.45. The standard InChI is InChI=1S/C22H24N2O3/c1-2-26-20-9-5-7-16-12-17(14-27-21(16)20)22(25)24-13-19-18-8-4-3-6-15(18)10-11-23-19/h3-9,12,19,23H,2,10-11,13-14H2,1H3,(H,24,25). The molecule has 0 aliphatic carbocycles. The molecule has 1 amide bonds. The molecule has 5 nitrogen and oxygen atoms in total. The highest BCUT2D eigenvalue weighted by Gasteiger charge is 2.23. The summed E-state index contributed by atoms with van der Waals surface area (Å²) >= 11 is 0. The lowest BCUT2D eigenvalue weighted by atomic mass is 9.94. The molecule has 2 aromatic carbocycles. The molecule has 140 valence electrons. The van der Waals surface area contributed by atoms with Crippen molar-refractivity contribution in [3.8, 4) is 11.5 Å². The molecule has 1 atom stereocenters. The van der Waals surface area contributed by atoms with Gasteiger partial charge in [0.25, 0.3) is 5.91 Å². The Labute approximate surface area is 159 Å². The number of fused-ring (bicyclic) bond motifs is 2. The van der Waals surface area contributed by atoms with E-state index in [1.165, 1.54) is 11.1 Å². The molecule has 0 saturated heterocycles. The average molecular weight is 364 g/mol. The molecule has 2 aliphatic rings. The third-order valence-corrected chi connectivity index (χ3v) is 4.98. The molecule has 1 unspecified atom stereocenters. The van der Waals surface area contributed by atoms with E-state index in [0.29, 0.717) is 30.2 Å². The van der Waals surface area contributed by atoms with Crippen LogP contribution in [0.1, 0.15) is 29.7 Å². The monoisotopic (exact) mass is 364 g/mol. The lowest BCUT2D eigenvalue weighted by Gasteiger charge is -2.27. The van der Waals surface area contributed by atoms with Gasteiger partial charge in [-0.3, -0.25) is 4.79 Å². The molecule has 27 heavy (non-hydrogen) atoms. The van der Waals surface area contributed by atoms with Crippen LogP contribution in [0, 0.1) is 0 Å². The van der Waals surface area contributed by atoms with Crippen molar-refractivity contribution >= 4 is 12.0 Å². The van der Waals surface area contributed by atoms with E-state index in [1.807, 2.05) is 37.3 Å². The summed E-state index contributed by atoms with van der Waals surface area (Å²) in [7, 11) is 0. The zero-order valence-corrected chi connectivity index (χ0v) is 15.5. The highest BCUT2D eigenvalue weighted by Crippen LogP contribution is 2.35. The molecule has 0 fully saturated rings. The van der Waals surface area contributed by atoms with E-state index in [-0.39, 0.29) is 18.6 Å². The molecule has 2 heterocycles. The van der Waals surface area contributed by atoms with Crippen LogP contribution in [-0.4, -0.2) is 32.2 Å². The minimum atomic E-state index is -0.0904. The van der Waals surface area contributed by atoms with E-state index in [4.69, 9.17) is 9.47 Å². The Morgan fingerprint density at radius 1 is 1.26 bits per heavy atom. The van der Waals surface area contributed by atoms with Crippen LogP contribution in [0.5, 0.6) is 11.5 Å². The van der Waals surface area contributed by atoms with Crippen LogP contribution in [0.3, 0.4) is 0 Å². The Balaban J connectivity index is 1.45. The van der Waals surface area contributed by atoms with Gasteiger partial charge in [-0.05, 0) is 43.2 Å². The van der Waals surface area contributed by atoms with Crippen LogP contribution in [0.2, 0.25) is 0 Å². The Hall–Kier alpha value is -2.79. The van der Waals surface area contributed by atoms with E-state index >= 15 is 0 Å². The molecule has 4 rings (SSSR count). The molecule has 2 N–H and O–H groups in total. The van der Waals surface area contributed by atoms with Gasteiger partial charge in [-0.25, -0.2) is 0 Å². The molecule has 5 heteroatoms. The minimum absolute atomic E-state index is 0.0904. The maximum Gasteiger partial charge on any atom is 0.250 e. The summed E-state index contributed by atoms with van der Waals surface area (Å²) in [6.07, 6.45) is 2.91. The van der Waals surface area contributed by atoms with Crippen molar-refractivity contribution in [2.24, 2.45) is 0 Å². The van der Waals surface area contributed by atoms with Gasteiger partial charge in [0.1, 0.15) is 6.61 Å². The summed E-state index contributed by atoms with van der Waals surface area (Å²) in [6, 6.07) is 14.3. The summed E-state index contributed by atoms with van der Waals surface area (Å²) in [5, 5.41) is 6.54. The molecular weight excluding hydrogens is 340 g/mol. The highest BCUT2D eigenvalue weighted by atomic mass is 16.5. The maximum atomic E-state index is 12.7. The predicted octanol–water partition coefficient (Wildman–Crippen LogP) is 2.86. The van der Waals surface area contributed by atoms with Gasteiger partial charge in [-0.2, -0.15) is 0 Å². The average Bonchev–Trinajstić information content (AvgIpc) is 2.72. The summed E-state index contributed by atoms with van der Waals surface area (Å²) in [4.78, 5) is 12.7. The fourth-order valence-electron chi connectivity index (χ4n) is 3.66. The lowest BCUT2D eigenvalue weighted by molar-refractivity contribution is -0.117. The fraction of sp³-hybridized carbons (Fsp3) is 0.318. The third kappa shape index (κ3) is 3.69. The zero-order chi connectivity index (χ0) is 18.6. The van der Waals surface area contributed by atoms with Crippen LogP contribution in [-0.2, 0) is 11.2 Å². The number of hydrogen-bond donors (Lipinski definition) is 2. The van der Waals surface area contributed by atoms with E-state index in [1.54, 1.807) is 0 Å². The second-order valence-electron chi connectivity index (χ2n) is 6.73. The van der Waals surface area contributed by atoms with Gasteiger partial charge in [0.05, 0.1) is 12.2 Å². The first kappa shape index (κ1) is 17.6. The maximum absolute atomic E-state index is 12.7. The van der Waals surface area contributed by atoms with Gasteiger partial charge >= 0.3 is 0 Å². The summed E-state index contributed by atoms with van der Waals surface area (Å²) in [5.74, 6) is 1.33. The lowest BCUT2D eigenvalue weighted by Crippen LogP contribution is -2.39. The quantitative estimate of drug-likeness (QED) is 0.857. The summed E-state index contributed by atoms with van der Waals surface area (Å²) in [6.45, 7) is 4.24. The van der Waals surface area contributed by atoms with Crippen LogP contribution in [0.15, 0.2) is 48.0 Å². The van der Waals surface area contributed by atoms with Gasteiger partial charge in [0, 0.05) is 18.2 Å². The first-order valence-corrected chi connectivity index (χ1v) is 9.45. The highest BCUT2D eigenvalue weighted by molar-refractivity contribution is 5.99. The number of ether oxygens (including phenoxy) is 2. The normalized spacial score (nSPS) is 17.8. The number of carbonyl (C=O) groups excluding carboxylic acids is 1. The van der Waals surface area contributed by atoms with Crippen molar-refractivity contribution < 1.29 is 14.3 Å². The van der Waals surface area contributed by atoms with Gasteiger partial charge in [0.2, 0.25) is 0 Å². The van der Waals surface area contributed by atoms with Crippen molar-refractivity contribution in [3.05, 3.63) is 64.7 Å². The molecule has 2 aliphatic heterocycles. The number of carbonyl (C=O) groups is 1. The largest absolute Gasteiger partial charge is 0.490 e. The summed E-state index contributed by atoms with van der Waals surface area (Å²) in [5.41, 5.74) is 4.12. The predicted molar refractivity (Wildman–Crippen MR) is 105 cm³/mol. The van der Waals surface area contributed by atoms with Crippen LogP contribution < -0.4 is 20.1 Å². The van der Waals surface area contributed by atoms with E-state index in [9.17, 15) is 4.79 Å². The van der Waals surface area contributed by atoms with Crippen LogP contribution in [0.25, 0.3) is 6.08 Å². The second kappa shape index (κ2) is 7.84. The van der Waals surface area contributed by atoms with Crippen molar-refractivity contribution in [2.45, 2.75) is 19.4 Å². The van der Waals surface area contributed by atoms with Gasteiger partial charge in [-0.15, -0.1) is 0 Å². The minimum Gasteiger partial charge on any atom is -0.490 e. The van der Waals surface area contributed by atoms with E-state index in [2.05, 4.69) is 28.8 Å². The molecule has 0 saturated carbocycles. The van der Waals surface area contributed by atoms with Crippen LogP contribution in [0.4, 0.5) is 0 Å². The number of hydrogen-bond acceptors (Lipinski definition) is 4. The molecule has 0 radical (unpaired) electrons. The Morgan fingerprint density at radius 2 is 2.15 bits per heavy atom.